The number of carbonyl (C=O) groups excluding carboxylic acids is 1. The molecule has 8 heteroatoms. The Morgan fingerprint density at radius 3 is 2.74 bits per heavy atom. The zero-order valence-corrected chi connectivity index (χ0v) is 16.4. The van der Waals surface area contributed by atoms with Gasteiger partial charge in [0.1, 0.15) is 5.01 Å². The molecule has 1 aromatic carbocycles. The Morgan fingerprint density at radius 2 is 2.04 bits per heavy atom. The van der Waals surface area contributed by atoms with Crippen molar-refractivity contribution < 1.29 is 9.53 Å². The summed E-state index contributed by atoms with van der Waals surface area (Å²) < 4.78 is 6.17. The van der Waals surface area contributed by atoms with Gasteiger partial charge in [-0.05, 0) is 12.5 Å². The van der Waals surface area contributed by atoms with Gasteiger partial charge in [-0.2, -0.15) is 9.61 Å². The van der Waals surface area contributed by atoms with Crippen LogP contribution >= 0.6 is 11.3 Å². The van der Waals surface area contributed by atoms with Crippen LogP contribution < -0.4 is 5.56 Å². The number of rotatable bonds is 7. The van der Waals surface area contributed by atoms with Crippen LogP contribution in [-0.2, 0) is 22.6 Å². The standard InChI is InChI=1S/C19H22N4O3S/c1-13(18(25)26-3)10-22(11-15-7-5-4-6-8-15)12-16-9-17(24)23-19(20-16)27-14(2)21-23/h4-9,13H,10-12H2,1-3H3. The molecular formula is C19H22N4O3S. The van der Waals surface area contributed by atoms with E-state index in [0.29, 0.717) is 30.3 Å². The maximum absolute atomic E-state index is 12.3. The molecule has 2 aromatic heterocycles. The highest BCUT2D eigenvalue weighted by Gasteiger charge is 2.19. The van der Waals surface area contributed by atoms with Crippen LogP contribution in [0.2, 0.25) is 0 Å². The van der Waals surface area contributed by atoms with Crippen LogP contribution in [0.1, 0.15) is 23.2 Å². The van der Waals surface area contributed by atoms with E-state index in [-0.39, 0.29) is 17.4 Å². The summed E-state index contributed by atoms with van der Waals surface area (Å²) in [5.41, 5.74) is 1.60. The average Bonchev–Trinajstić information content (AvgIpc) is 3.02. The SMILES string of the molecule is COC(=O)C(C)CN(Cc1ccccc1)Cc1cc(=O)n2nc(C)sc2n1. The van der Waals surface area contributed by atoms with Crippen LogP contribution in [0.15, 0.2) is 41.2 Å². The number of nitrogens with zero attached hydrogens (tertiary/aromatic N) is 4. The molecular weight excluding hydrogens is 364 g/mol. The second-order valence-electron chi connectivity index (χ2n) is 6.48. The van der Waals surface area contributed by atoms with Gasteiger partial charge in [0.25, 0.3) is 5.56 Å². The molecule has 0 spiro atoms. The van der Waals surface area contributed by atoms with Crippen molar-refractivity contribution in [3.8, 4) is 0 Å². The van der Waals surface area contributed by atoms with E-state index in [2.05, 4.69) is 15.0 Å². The van der Waals surface area contributed by atoms with Gasteiger partial charge in [0.15, 0.2) is 0 Å². The van der Waals surface area contributed by atoms with Crippen molar-refractivity contribution in [3.05, 3.63) is 63.0 Å². The quantitative estimate of drug-likeness (QED) is 0.580. The van der Waals surface area contributed by atoms with Crippen LogP contribution in [0.4, 0.5) is 0 Å². The number of aromatic nitrogens is 3. The molecule has 1 atom stereocenters. The number of esters is 1. The third-order valence-corrected chi connectivity index (χ3v) is 4.99. The molecule has 3 rings (SSSR count). The molecule has 142 valence electrons. The molecule has 0 amide bonds. The number of hydrogen-bond acceptors (Lipinski definition) is 7. The number of carbonyl (C=O) groups is 1. The molecule has 0 saturated heterocycles. The average molecular weight is 386 g/mol. The van der Waals surface area contributed by atoms with Gasteiger partial charge in [-0.1, -0.05) is 48.6 Å². The molecule has 0 bridgehead atoms. The number of ether oxygens (including phenoxy) is 1. The number of hydrogen-bond donors (Lipinski definition) is 0. The predicted molar refractivity (Wildman–Crippen MR) is 104 cm³/mol. The summed E-state index contributed by atoms with van der Waals surface area (Å²) in [7, 11) is 1.39. The van der Waals surface area contributed by atoms with Crippen molar-refractivity contribution in [2.45, 2.75) is 26.9 Å². The summed E-state index contributed by atoms with van der Waals surface area (Å²) in [6, 6.07) is 11.5. The Labute approximate surface area is 161 Å². The summed E-state index contributed by atoms with van der Waals surface area (Å²) in [6.07, 6.45) is 0. The zero-order chi connectivity index (χ0) is 19.4. The molecule has 0 aliphatic rings. The lowest BCUT2D eigenvalue weighted by Crippen LogP contribution is -2.32. The normalized spacial score (nSPS) is 12.4. The first-order valence-electron chi connectivity index (χ1n) is 8.67. The maximum atomic E-state index is 12.3. The van der Waals surface area contributed by atoms with E-state index >= 15 is 0 Å². The first kappa shape index (κ1) is 19.2. The summed E-state index contributed by atoms with van der Waals surface area (Å²) in [4.78, 5) is 31.4. The molecule has 0 N–H and O–H groups in total. The van der Waals surface area contributed by atoms with Crippen LogP contribution in [0.5, 0.6) is 0 Å². The number of benzene rings is 1. The van der Waals surface area contributed by atoms with Crippen LogP contribution in [0.3, 0.4) is 0 Å². The van der Waals surface area contributed by atoms with E-state index in [4.69, 9.17) is 4.74 Å². The van der Waals surface area contributed by atoms with E-state index in [0.717, 1.165) is 10.6 Å². The third kappa shape index (κ3) is 4.78. The lowest BCUT2D eigenvalue weighted by Gasteiger charge is -2.24. The van der Waals surface area contributed by atoms with E-state index in [1.54, 1.807) is 0 Å². The molecule has 1 unspecified atom stereocenters. The van der Waals surface area contributed by atoms with Crippen LogP contribution in [0.25, 0.3) is 4.96 Å². The Hall–Kier alpha value is -2.58. The van der Waals surface area contributed by atoms with E-state index < -0.39 is 0 Å². The fourth-order valence-electron chi connectivity index (χ4n) is 2.95. The summed E-state index contributed by atoms with van der Waals surface area (Å²) in [5, 5.41) is 4.96. The lowest BCUT2D eigenvalue weighted by molar-refractivity contribution is -0.145. The minimum atomic E-state index is -0.283. The van der Waals surface area contributed by atoms with Gasteiger partial charge in [-0.15, -0.1) is 0 Å². The molecule has 27 heavy (non-hydrogen) atoms. The molecule has 0 aliphatic carbocycles. The van der Waals surface area contributed by atoms with Crippen molar-refractivity contribution in [2.24, 2.45) is 5.92 Å². The fourth-order valence-corrected chi connectivity index (χ4v) is 3.72. The van der Waals surface area contributed by atoms with Crippen molar-refractivity contribution in [1.82, 2.24) is 19.5 Å². The van der Waals surface area contributed by atoms with Gasteiger partial charge in [-0.25, -0.2) is 4.98 Å². The van der Waals surface area contributed by atoms with E-state index in [1.165, 1.54) is 29.0 Å². The largest absolute Gasteiger partial charge is 0.469 e. The highest BCUT2D eigenvalue weighted by molar-refractivity contribution is 7.16. The fraction of sp³-hybridized carbons (Fsp3) is 0.368. The van der Waals surface area contributed by atoms with E-state index in [9.17, 15) is 9.59 Å². The highest BCUT2D eigenvalue weighted by atomic mass is 32.1. The minimum Gasteiger partial charge on any atom is -0.469 e. The maximum Gasteiger partial charge on any atom is 0.309 e. The van der Waals surface area contributed by atoms with Gasteiger partial charge in [0.2, 0.25) is 4.96 Å². The zero-order valence-electron chi connectivity index (χ0n) is 15.6. The Bertz CT molecular complexity index is 984. The molecule has 0 radical (unpaired) electrons. The summed E-state index contributed by atoms with van der Waals surface area (Å²) in [5.74, 6) is -0.538. The van der Waals surface area contributed by atoms with Gasteiger partial charge < -0.3 is 4.74 Å². The molecule has 7 nitrogen and oxygen atoms in total. The monoisotopic (exact) mass is 386 g/mol. The van der Waals surface area contributed by atoms with Gasteiger partial charge in [-0.3, -0.25) is 14.5 Å². The molecule has 2 heterocycles. The second kappa shape index (κ2) is 8.41. The van der Waals surface area contributed by atoms with Crippen molar-refractivity contribution in [2.75, 3.05) is 13.7 Å². The minimum absolute atomic E-state index is 0.194. The Morgan fingerprint density at radius 1 is 1.30 bits per heavy atom. The molecule has 0 fully saturated rings. The van der Waals surface area contributed by atoms with Crippen molar-refractivity contribution in [3.63, 3.8) is 0 Å². The summed E-state index contributed by atoms with van der Waals surface area (Å²) >= 11 is 1.38. The van der Waals surface area contributed by atoms with Crippen LogP contribution in [0, 0.1) is 12.8 Å². The van der Waals surface area contributed by atoms with Crippen molar-refractivity contribution in [1.29, 1.82) is 0 Å². The second-order valence-corrected chi connectivity index (χ2v) is 7.64. The number of methoxy groups -OCH3 is 1. The number of aryl methyl sites for hydroxylation is 1. The third-order valence-electron chi connectivity index (χ3n) is 4.17. The molecule has 0 saturated carbocycles. The molecule has 3 aromatic rings. The summed E-state index contributed by atoms with van der Waals surface area (Å²) in [6.45, 7) is 5.29. The lowest BCUT2D eigenvalue weighted by atomic mass is 10.1. The number of fused-ring (bicyclic) bond motifs is 1. The van der Waals surface area contributed by atoms with Gasteiger partial charge in [0.05, 0.1) is 18.7 Å². The van der Waals surface area contributed by atoms with E-state index in [1.807, 2.05) is 44.2 Å². The van der Waals surface area contributed by atoms with Crippen molar-refractivity contribution >= 4 is 22.3 Å². The topological polar surface area (TPSA) is 76.8 Å². The predicted octanol–water partition coefficient (Wildman–Crippen LogP) is 2.27. The first-order valence-corrected chi connectivity index (χ1v) is 9.48. The van der Waals surface area contributed by atoms with Gasteiger partial charge in [0, 0.05) is 25.7 Å². The Kier molecular flexibility index (Phi) is 5.98. The Balaban J connectivity index is 1.85. The van der Waals surface area contributed by atoms with Gasteiger partial charge >= 0.3 is 5.97 Å². The smallest absolute Gasteiger partial charge is 0.309 e. The first-order chi connectivity index (χ1) is 13.0. The highest BCUT2D eigenvalue weighted by Crippen LogP contribution is 2.14. The molecule has 0 aliphatic heterocycles. The van der Waals surface area contributed by atoms with Crippen LogP contribution in [-0.4, -0.2) is 39.1 Å².